The molecule has 0 spiro atoms. The fraction of sp³-hybridized carbons (Fsp3) is 0.588. The molecule has 1 aliphatic rings. The third-order valence-electron chi connectivity index (χ3n) is 3.97. The van der Waals surface area contributed by atoms with Gasteiger partial charge in [-0.1, -0.05) is 25.1 Å². The predicted molar refractivity (Wildman–Crippen MR) is 80.9 cm³/mol. The Morgan fingerprint density at radius 3 is 2.90 bits per heavy atom. The van der Waals surface area contributed by atoms with Gasteiger partial charge in [0.25, 0.3) is 0 Å². The van der Waals surface area contributed by atoms with Crippen molar-refractivity contribution >= 4 is 5.97 Å². The van der Waals surface area contributed by atoms with Crippen LogP contribution in [-0.2, 0) is 28.8 Å². The van der Waals surface area contributed by atoms with Gasteiger partial charge in [0.15, 0.2) is 0 Å². The summed E-state index contributed by atoms with van der Waals surface area (Å²) in [6, 6.07) is 6.96. The Kier molecular flexibility index (Phi) is 5.60. The van der Waals surface area contributed by atoms with Gasteiger partial charge < -0.3 is 10.1 Å². The van der Waals surface area contributed by atoms with Crippen molar-refractivity contribution in [1.82, 2.24) is 5.32 Å². The van der Waals surface area contributed by atoms with E-state index < -0.39 is 0 Å². The van der Waals surface area contributed by atoms with Gasteiger partial charge in [0.2, 0.25) is 0 Å². The van der Waals surface area contributed by atoms with E-state index >= 15 is 0 Å². The number of aryl methyl sites for hydroxylation is 2. The SMILES string of the molecule is CCCNC(CC(=O)OC)Cc1ccc2c(c1)CCC2. The molecule has 20 heavy (non-hydrogen) atoms. The highest BCUT2D eigenvalue weighted by Crippen LogP contribution is 2.23. The Labute approximate surface area is 121 Å². The second kappa shape index (κ2) is 7.44. The van der Waals surface area contributed by atoms with Crippen molar-refractivity contribution in [3.63, 3.8) is 0 Å². The predicted octanol–water partition coefficient (Wildman–Crippen LogP) is 2.65. The second-order valence-electron chi connectivity index (χ2n) is 5.59. The molecule has 1 N–H and O–H groups in total. The van der Waals surface area contributed by atoms with Gasteiger partial charge in [-0.3, -0.25) is 4.79 Å². The molecule has 110 valence electrons. The van der Waals surface area contributed by atoms with Crippen LogP contribution in [0, 0.1) is 0 Å². The summed E-state index contributed by atoms with van der Waals surface area (Å²) in [4.78, 5) is 11.5. The Morgan fingerprint density at radius 2 is 2.15 bits per heavy atom. The van der Waals surface area contributed by atoms with Crippen LogP contribution < -0.4 is 5.32 Å². The van der Waals surface area contributed by atoms with Crippen LogP contribution in [0.1, 0.15) is 42.9 Å². The number of methoxy groups -OCH3 is 1. The van der Waals surface area contributed by atoms with E-state index in [9.17, 15) is 4.79 Å². The van der Waals surface area contributed by atoms with E-state index in [0.717, 1.165) is 19.4 Å². The van der Waals surface area contributed by atoms with Crippen molar-refractivity contribution in [1.29, 1.82) is 0 Å². The Bertz CT molecular complexity index is 456. The molecule has 0 fully saturated rings. The van der Waals surface area contributed by atoms with Crippen molar-refractivity contribution < 1.29 is 9.53 Å². The standard InChI is InChI=1S/C17H25NO2/c1-3-9-18-16(12-17(19)20-2)11-13-7-8-14-5-4-6-15(14)10-13/h7-8,10,16,18H,3-6,9,11-12H2,1-2H3. The topological polar surface area (TPSA) is 38.3 Å². The Morgan fingerprint density at radius 1 is 1.35 bits per heavy atom. The number of benzene rings is 1. The van der Waals surface area contributed by atoms with Gasteiger partial charge in [0.05, 0.1) is 13.5 Å². The molecule has 0 saturated heterocycles. The molecule has 0 aromatic heterocycles. The van der Waals surface area contributed by atoms with Crippen LogP contribution in [0.3, 0.4) is 0 Å². The lowest BCUT2D eigenvalue weighted by atomic mass is 9.99. The van der Waals surface area contributed by atoms with Crippen molar-refractivity contribution in [3.8, 4) is 0 Å². The van der Waals surface area contributed by atoms with Crippen LogP contribution in [0.25, 0.3) is 0 Å². The number of hydrogen-bond donors (Lipinski definition) is 1. The molecule has 3 nitrogen and oxygen atoms in total. The zero-order valence-corrected chi connectivity index (χ0v) is 12.6. The monoisotopic (exact) mass is 275 g/mol. The fourth-order valence-electron chi connectivity index (χ4n) is 2.89. The first kappa shape index (κ1) is 15.0. The number of hydrogen-bond acceptors (Lipinski definition) is 3. The van der Waals surface area contributed by atoms with Crippen molar-refractivity contribution in [2.75, 3.05) is 13.7 Å². The molecule has 2 rings (SSSR count). The summed E-state index contributed by atoms with van der Waals surface area (Å²) in [7, 11) is 1.45. The Hall–Kier alpha value is -1.35. The zero-order chi connectivity index (χ0) is 14.4. The quantitative estimate of drug-likeness (QED) is 0.777. The van der Waals surface area contributed by atoms with Crippen LogP contribution >= 0.6 is 0 Å². The van der Waals surface area contributed by atoms with Crippen molar-refractivity contribution in [2.24, 2.45) is 0 Å². The summed E-state index contributed by atoms with van der Waals surface area (Å²) >= 11 is 0. The molecule has 1 unspecified atom stereocenters. The number of esters is 1. The highest BCUT2D eigenvalue weighted by Gasteiger charge is 2.16. The maximum Gasteiger partial charge on any atom is 0.307 e. The minimum absolute atomic E-state index is 0.139. The lowest BCUT2D eigenvalue weighted by Gasteiger charge is -2.18. The molecule has 0 radical (unpaired) electrons. The first-order valence-electron chi connectivity index (χ1n) is 7.63. The van der Waals surface area contributed by atoms with E-state index in [1.807, 2.05) is 0 Å². The van der Waals surface area contributed by atoms with Gasteiger partial charge in [0.1, 0.15) is 0 Å². The summed E-state index contributed by atoms with van der Waals surface area (Å²) < 4.78 is 4.79. The van der Waals surface area contributed by atoms with Gasteiger partial charge >= 0.3 is 5.97 Å². The molecule has 1 aromatic rings. The van der Waals surface area contributed by atoms with Gasteiger partial charge in [0, 0.05) is 6.04 Å². The van der Waals surface area contributed by atoms with Gasteiger partial charge in [-0.2, -0.15) is 0 Å². The maximum atomic E-state index is 11.5. The average molecular weight is 275 g/mol. The minimum atomic E-state index is -0.139. The normalized spacial score (nSPS) is 14.9. The minimum Gasteiger partial charge on any atom is -0.469 e. The first-order valence-corrected chi connectivity index (χ1v) is 7.63. The molecule has 0 aliphatic heterocycles. The average Bonchev–Trinajstić information content (AvgIpc) is 2.92. The molecular formula is C17H25NO2. The van der Waals surface area contributed by atoms with Crippen LogP contribution in [0.2, 0.25) is 0 Å². The van der Waals surface area contributed by atoms with E-state index in [1.54, 1.807) is 0 Å². The van der Waals surface area contributed by atoms with Crippen LogP contribution in [-0.4, -0.2) is 25.7 Å². The Balaban J connectivity index is 2.00. The van der Waals surface area contributed by atoms with Crippen molar-refractivity contribution in [2.45, 2.75) is 51.5 Å². The highest BCUT2D eigenvalue weighted by atomic mass is 16.5. The van der Waals surface area contributed by atoms with Crippen LogP contribution in [0.5, 0.6) is 0 Å². The third kappa shape index (κ3) is 4.07. The molecule has 0 saturated carbocycles. The van der Waals surface area contributed by atoms with Crippen molar-refractivity contribution in [3.05, 3.63) is 34.9 Å². The summed E-state index contributed by atoms with van der Waals surface area (Å²) in [5.74, 6) is -0.139. The lowest BCUT2D eigenvalue weighted by Crippen LogP contribution is -2.34. The van der Waals surface area contributed by atoms with Crippen LogP contribution in [0.15, 0.2) is 18.2 Å². The number of carbonyl (C=O) groups is 1. The number of rotatable bonds is 7. The summed E-state index contributed by atoms with van der Waals surface area (Å²) in [6.07, 6.45) is 6.10. The van der Waals surface area contributed by atoms with Gasteiger partial charge in [-0.05, 0) is 55.3 Å². The fourth-order valence-corrected chi connectivity index (χ4v) is 2.89. The zero-order valence-electron chi connectivity index (χ0n) is 12.6. The number of ether oxygens (including phenoxy) is 1. The molecule has 1 aliphatic carbocycles. The van der Waals surface area contributed by atoms with E-state index in [0.29, 0.717) is 6.42 Å². The molecular weight excluding hydrogens is 250 g/mol. The number of nitrogens with one attached hydrogen (secondary N) is 1. The molecule has 1 aromatic carbocycles. The second-order valence-corrected chi connectivity index (χ2v) is 5.59. The molecule has 0 bridgehead atoms. The summed E-state index contributed by atoms with van der Waals surface area (Å²) in [6.45, 7) is 3.07. The summed E-state index contributed by atoms with van der Waals surface area (Å²) in [5, 5.41) is 3.45. The van der Waals surface area contributed by atoms with E-state index in [-0.39, 0.29) is 12.0 Å². The van der Waals surface area contributed by atoms with E-state index in [1.165, 1.54) is 43.1 Å². The van der Waals surface area contributed by atoms with Gasteiger partial charge in [-0.15, -0.1) is 0 Å². The third-order valence-corrected chi connectivity index (χ3v) is 3.97. The van der Waals surface area contributed by atoms with E-state index in [4.69, 9.17) is 4.74 Å². The number of fused-ring (bicyclic) bond motifs is 1. The summed E-state index contributed by atoms with van der Waals surface area (Å²) in [5.41, 5.74) is 4.32. The lowest BCUT2D eigenvalue weighted by molar-refractivity contribution is -0.141. The van der Waals surface area contributed by atoms with Gasteiger partial charge in [-0.25, -0.2) is 0 Å². The largest absolute Gasteiger partial charge is 0.469 e. The smallest absolute Gasteiger partial charge is 0.307 e. The molecule has 0 amide bonds. The van der Waals surface area contributed by atoms with Crippen LogP contribution in [0.4, 0.5) is 0 Å². The molecule has 0 heterocycles. The number of carbonyl (C=O) groups excluding carboxylic acids is 1. The maximum absolute atomic E-state index is 11.5. The molecule has 3 heteroatoms. The molecule has 1 atom stereocenters. The highest BCUT2D eigenvalue weighted by molar-refractivity contribution is 5.70. The van der Waals surface area contributed by atoms with E-state index in [2.05, 4.69) is 30.4 Å². The first-order chi connectivity index (χ1) is 9.72.